The second-order valence-corrected chi connectivity index (χ2v) is 8.90. The van der Waals surface area contributed by atoms with E-state index < -0.39 is 0 Å². The van der Waals surface area contributed by atoms with Crippen LogP contribution >= 0.6 is 22.6 Å². The Bertz CT molecular complexity index is 516. The highest BCUT2D eigenvalue weighted by Gasteiger charge is 2.51. The topological polar surface area (TPSA) is 29.1 Å². The van der Waals surface area contributed by atoms with Gasteiger partial charge in [0.05, 0.1) is 0 Å². The zero-order valence-corrected chi connectivity index (χ0v) is 14.4. The molecule has 112 valence electrons. The summed E-state index contributed by atoms with van der Waals surface area (Å²) in [4.78, 5) is 12.5. The van der Waals surface area contributed by atoms with Crippen LogP contribution in [0, 0.1) is 26.7 Å². The molecule has 4 fully saturated rings. The highest BCUT2D eigenvalue weighted by atomic mass is 127. The summed E-state index contributed by atoms with van der Waals surface area (Å²) in [7, 11) is 0. The molecule has 0 unspecified atom stereocenters. The largest absolute Gasteiger partial charge is 0.326 e. The summed E-state index contributed by atoms with van der Waals surface area (Å²) in [5.74, 6) is 2.98. The Morgan fingerprint density at radius 2 is 1.57 bits per heavy atom. The van der Waals surface area contributed by atoms with Crippen LogP contribution in [-0.2, 0) is 4.79 Å². The van der Waals surface area contributed by atoms with Crippen LogP contribution in [0.25, 0.3) is 0 Å². The predicted molar refractivity (Wildman–Crippen MR) is 93.0 cm³/mol. The normalized spacial score (nSPS) is 36.7. The van der Waals surface area contributed by atoms with Crippen molar-refractivity contribution in [1.29, 1.82) is 0 Å². The number of hydrogen-bond acceptors (Lipinski definition) is 1. The number of benzene rings is 1. The molecule has 1 aromatic carbocycles. The molecule has 0 saturated heterocycles. The fraction of sp³-hybridized carbons (Fsp3) is 0.611. The lowest BCUT2D eigenvalue weighted by Crippen LogP contribution is -2.47. The molecule has 0 spiro atoms. The van der Waals surface area contributed by atoms with E-state index in [0.29, 0.717) is 5.41 Å². The molecule has 0 aromatic heterocycles. The van der Waals surface area contributed by atoms with Crippen LogP contribution in [0.4, 0.5) is 5.69 Å². The van der Waals surface area contributed by atoms with Crippen LogP contribution in [0.3, 0.4) is 0 Å². The molecule has 0 radical (unpaired) electrons. The van der Waals surface area contributed by atoms with Gasteiger partial charge in [-0.1, -0.05) is 0 Å². The van der Waals surface area contributed by atoms with Crippen molar-refractivity contribution in [1.82, 2.24) is 0 Å². The molecule has 1 N–H and O–H groups in total. The standard InChI is InChI=1S/C18H22INO/c19-15-1-3-16(4-2-15)20-17(21)11-18-8-12-5-13(9-18)7-14(6-12)10-18/h1-4,12-14H,5-11H2,(H,20,21). The molecule has 4 bridgehead atoms. The number of carbonyl (C=O) groups excluding carboxylic acids is 1. The second kappa shape index (κ2) is 5.25. The fourth-order valence-corrected chi connectivity index (χ4v) is 5.95. The van der Waals surface area contributed by atoms with Crippen molar-refractivity contribution in [3.05, 3.63) is 27.8 Å². The van der Waals surface area contributed by atoms with Crippen LogP contribution in [-0.4, -0.2) is 5.91 Å². The molecule has 0 aliphatic heterocycles. The molecule has 3 heteroatoms. The van der Waals surface area contributed by atoms with Gasteiger partial charge in [-0.3, -0.25) is 4.79 Å². The van der Waals surface area contributed by atoms with Crippen LogP contribution in [0.1, 0.15) is 44.9 Å². The molecule has 21 heavy (non-hydrogen) atoms. The van der Waals surface area contributed by atoms with Crippen LogP contribution < -0.4 is 5.32 Å². The Labute approximate surface area is 140 Å². The summed E-state index contributed by atoms with van der Waals surface area (Å²) in [6.07, 6.45) is 8.98. The Morgan fingerprint density at radius 3 is 2.10 bits per heavy atom. The number of halogens is 1. The number of amides is 1. The van der Waals surface area contributed by atoms with Gasteiger partial charge in [-0.15, -0.1) is 0 Å². The van der Waals surface area contributed by atoms with E-state index in [0.717, 1.165) is 29.9 Å². The van der Waals surface area contributed by atoms with Crippen molar-refractivity contribution < 1.29 is 4.79 Å². The van der Waals surface area contributed by atoms with Gasteiger partial charge in [0.2, 0.25) is 5.91 Å². The number of carbonyl (C=O) groups is 1. The minimum Gasteiger partial charge on any atom is -0.326 e. The number of hydrogen-bond donors (Lipinski definition) is 1. The van der Waals surface area contributed by atoms with E-state index in [-0.39, 0.29) is 5.91 Å². The van der Waals surface area contributed by atoms with E-state index in [1.807, 2.05) is 24.3 Å². The van der Waals surface area contributed by atoms with E-state index in [2.05, 4.69) is 27.9 Å². The molecule has 2 nitrogen and oxygen atoms in total. The molecule has 4 aliphatic rings. The van der Waals surface area contributed by atoms with Crippen molar-refractivity contribution >= 4 is 34.2 Å². The average Bonchev–Trinajstić information content (AvgIpc) is 2.39. The van der Waals surface area contributed by atoms with E-state index in [9.17, 15) is 4.79 Å². The lowest BCUT2D eigenvalue weighted by Gasteiger charge is -2.56. The molecule has 0 atom stereocenters. The molecule has 0 heterocycles. The number of nitrogens with one attached hydrogen (secondary N) is 1. The first kappa shape index (κ1) is 14.0. The van der Waals surface area contributed by atoms with Gasteiger partial charge in [0.15, 0.2) is 0 Å². The summed E-state index contributed by atoms with van der Waals surface area (Å²) in [5, 5.41) is 3.10. The van der Waals surface area contributed by atoms with Gasteiger partial charge in [0.1, 0.15) is 0 Å². The summed E-state index contributed by atoms with van der Waals surface area (Å²) in [6, 6.07) is 8.08. The molecule has 4 saturated carbocycles. The summed E-state index contributed by atoms with van der Waals surface area (Å²) >= 11 is 2.29. The molecule has 1 amide bonds. The summed E-state index contributed by atoms with van der Waals surface area (Å²) < 4.78 is 1.20. The van der Waals surface area contributed by atoms with Gasteiger partial charge in [-0.05, 0) is 109 Å². The van der Waals surface area contributed by atoms with Crippen molar-refractivity contribution in [2.24, 2.45) is 23.2 Å². The highest BCUT2D eigenvalue weighted by molar-refractivity contribution is 14.1. The predicted octanol–water partition coefficient (Wildman–Crippen LogP) is 4.84. The Morgan fingerprint density at radius 1 is 1.05 bits per heavy atom. The van der Waals surface area contributed by atoms with E-state index in [4.69, 9.17) is 0 Å². The molecule has 5 rings (SSSR count). The first-order valence-electron chi connectivity index (χ1n) is 8.16. The SMILES string of the molecule is O=C(CC12CC3CC(CC(C3)C1)C2)Nc1ccc(I)cc1. The lowest BCUT2D eigenvalue weighted by molar-refractivity contribution is -0.124. The highest BCUT2D eigenvalue weighted by Crippen LogP contribution is 2.61. The van der Waals surface area contributed by atoms with Crippen molar-refractivity contribution in [3.8, 4) is 0 Å². The average molecular weight is 395 g/mol. The van der Waals surface area contributed by atoms with Crippen LogP contribution in [0.5, 0.6) is 0 Å². The van der Waals surface area contributed by atoms with E-state index in [1.54, 1.807) is 0 Å². The second-order valence-electron chi connectivity index (χ2n) is 7.65. The fourth-order valence-electron chi connectivity index (χ4n) is 5.59. The number of anilines is 1. The zero-order chi connectivity index (χ0) is 14.4. The van der Waals surface area contributed by atoms with Gasteiger partial charge in [-0.25, -0.2) is 0 Å². The molecule has 4 aliphatic carbocycles. The smallest absolute Gasteiger partial charge is 0.224 e. The van der Waals surface area contributed by atoms with Gasteiger partial charge >= 0.3 is 0 Å². The van der Waals surface area contributed by atoms with Gasteiger partial charge in [0.25, 0.3) is 0 Å². The maximum absolute atomic E-state index is 12.5. The molecular weight excluding hydrogens is 373 g/mol. The first-order valence-corrected chi connectivity index (χ1v) is 9.24. The molecule has 1 aromatic rings. The van der Waals surface area contributed by atoms with Crippen molar-refractivity contribution in [2.45, 2.75) is 44.9 Å². The first-order chi connectivity index (χ1) is 10.1. The zero-order valence-electron chi connectivity index (χ0n) is 12.3. The third kappa shape index (κ3) is 2.86. The van der Waals surface area contributed by atoms with Crippen molar-refractivity contribution in [3.63, 3.8) is 0 Å². The van der Waals surface area contributed by atoms with Crippen molar-refractivity contribution in [2.75, 3.05) is 5.32 Å². The Balaban J connectivity index is 1.43. The maximum Gasteiger partial charge on any atom is 0.224 e. The third-order valence-corrected chi connectivity index (χ3v) is 6.55. The Hall–Kier alpha value is -0.580. The minimum atomic E-state index is 0.221. The summed E-state index contributed by atoms with van der Waals surface area (Å²) in [5.41, 5.74) is 1.27. The summed E-state index contributed by atoms with van der Waals surface area (Å²) in [6.45, 7) is 0. The Kier molecular flexibility index (Phi) is 3.51. The van der Waals surface area contributed by atoms with Gasteiger partial charge in [-0.2, -0.15) is 0 Å². The van der Waals surface area contributed by atoms with Gasteiger partial charge < -0.3 is 5.32 Å². The minimum absolute atomic E-state index is 0.221. The van der Waals surface area contributed by atoms with E-state index in [1.165, 1.54) is 42.1 Å². The van der Waals surface area contributed by atoms with Gasteiger partial charge in [0, 0.05) is 15.7 Å². The monoisotopic (exact) mass is 395 g/mol. The lowest BCUT2D eigenvalue weighted by atomic mass is 9.49. The van der Waals surface area contributed by atoms with E-state index >= 15 is 0 Å². The third-order valence-electron chi connectivity index (χ3n) is 5.83. The van der Waals surface area contributed by atoms with Crippen LogP contribution in [0.2, 0.25) is 0 Å². The molecular formula is C18H22INO. The number of rotatable bonds is 3. The van der Waals surface area contributed by atoms with Crippen LogP contribution in [0.15, 0.2) is 24.3 Å². The maximum atomic E-state index is 12.5. The quantitative estimate of drug-likeness (QED) is 0.730.